The first-order valence-corrected chi connectivity index (χ1v) is 6.73. The van der Waals surface area contributed by atoms with Gasteiger partial charge in [-0.05, 0) is 11.6 Å². The summed E-state index contributed by atoms with van der Waals surface area (Å²) in [4.78, 5) is 18.3. The molecule has 0 saturated carbocycles. The fourth-order valence-corrected chi connectivity index (χ4v) is 2.25. The summed E-state index contributed by atoms with van der Waals surface area (Å²) in [6, 6.07) is 13.7. The Balaban J connectivity index is 1.77. The Hall–Kier alpha value is -2.20. The number of pyridine rings is 1. The summed E-state index contributed by atoms with van der Waals surface area (Å²) in [6.45, 7) is 2.49. The molecule has 1 aromatic carbocycles. The lowest BCUT2D eigenvalue weighted by molar-refractivity contribution is 0.0299. The van der Waals surface area contributed by atoms with Gasteiger partial charge in [0, 0.05) is 24.8 Å². The van der Waals surface area contributed by atoms with Crippen LogP contribution in [0, 0.1) is 0 Å². The van der Waals surface area contributed by atoms with Gasteiger partial charge in [0.05, 0.1) is 13.2 Å². The lowest BCUT2D eigenvalue weighted by Crippen LogP contribution is -2.41. The minimum Gasteiger partial charge on any atom is -0.378 e. The first-order valence-electron chi connectivity index (χ1n) is 6.73. The van der Waals surface area contributed by atoms with Crippen molar-refractivity contribution < 1.29 is 9.53 Å². The van der Waals surface area contributed by atoms with Crippen LogP contribution in [0.4, 0.5) is 0 Å². The van der Waals surface area contributed by atoms with Gasteiger partial charge in [-0.25, -0.2) is 0 Å². The van der Waals surface area contributed by atoms with E-state index in [1.54, 1.807) is 17.2 Å². The van der Waals surface area contributed by atoms with Gasteiger partial charge in [-0.15, -0.1) is 0 Å². The number of morpholine rings is 1. The molecule has 1 amide bonds. The summed E-state index contributed by atoms with van der Waals surface area (Å²) in [5, 5.41) is 0. The average molecular weight is 268 g/mol. The van der Waals surface area contributed by atoms with Crippen molar-refractivity contribution in [1.29, 1.82) is 0 Å². The van der Waals surface area contributed by atoms with Gasteiger partial charge in [-0.3, -0.25) is 9.78 Å². The van der Waals surface area contributed by atoms with Gasteiger partial charge in [0.1, 0.15) is 5.69 Å². The van der Waals surface area contributed by atoms with Gasteiger partial charge >= 0.3 is 0 Å². The third-order valence-corrected chi connectivity index (χ3v) is 3.39. The molecule has 1 fully saturated rings. The van der Waals surface area contributed by atoms with Crippen LogP contribution in [0.2, 0.25) is 0 Å². The van der Waals surface area contributed by atoms with Gasteiger partial charge < -0.3 is 9.64 Å². The summed E-state index contributed by atoms with van der Waals surface area (Å²) in [5.41, 5.74) is 2.61. The second kappa shape index (κ2) is 5.84. The highest BCUT2D eigenvalue weighted by atomic mass is 16.5. The van der Waals surface area contributed by atoms with Crippen LogP contribution in [-0.4, -0.2) is 42.1 Å². The Morgan fingerprint density at radius 2 is 1.75 bits per heavy atom. The summed E-state index contributed by atoms with van der Waals surface area (Å²) >= 11 is 0. The Kier molecular flexibility index (Phi) is 3.74. The topological polar surface area (TPSA) is 42.4 Å². The standard InChI is InChI=1S/C16H16N2O2/c19-16(18-8-10-20-11-9-18)15-7-6-14(12-17-15)13-4-2-1-3-5-13/h1-7,12H,8-11H2. The zero-order valence-electron chi connectivity index (χ0n) is 11.2. The van der Waals surface area contributed by atoms with Crippen LogP contribution in [0.1, 0.15) is 10.5 Å². The van der Waals surface area contributed by atoms with E-state index in [4.69, 9.17) is 4.74 Å². The molecule has 1 aliphatic rings. The molecule has 0 N–H and O–H groups in total. The van der Waals surface area contributed by atoms with Crippen molar-refractivity contribution in [2.75, 3.05) is 26.3 Å². The second-order valence-corrected chi connectivity index (χ2v) is 4.70. The van der Waals surface area contributed by atoms with Crippen LogP contribution in [0.3, 0.4) is 0 Å². The summed E-state index contributed by atoms with van der Waals surface area (Å²) in [6.07, 6.45) is 1.75. The van der Waals surface area contributed by atoms with Crippen LogP contribution < -0.4 is 0 Å². The van der Waals surface area contributed by atoms with E-state index in [1.807, 2.05) is 36.4 Å². The van der Waals surface area contributed by atoms with Crippen LogP contribution in [0.5, 0.6) is 0 Å². The maximum Gasteiger partial charge on any atom is 0.272 e. The van der Waals surface area contributed by atoms with E-state index in [9.17, 15) is 4.79 Å². The Labute approximate surface area is 118 Å². The molecule has 2 aromatic rings. The molecule has 0 bridgehead atoms. The number of rotatable bonds is 2. The van der Waals surface area contributed by atoms with E-state index in [-0.39, 0.29) is 5.91 Å². The minimum atomic E-state index is -0.0205. The van der Waals surface area contributed by atoms with Crippen molar-refractivity contribution in [1.82, 2.24) is 9.88 Å². The highest BCUT2D eigenvalue weighted by Gasteiger charge is 2.19. The van der Waals surface area contributed by atoms with Crippen molar-refractivity contribution in [2.45, 2.75) is 0 Å². The first kappa shape index (κ1) is 12.8. The zero-order valence-corrected chi connectivity index (χ0v) is 11.2. The van der Waals surface area contributed by atoms with Gasteiger partial charge in [-0.1, -0.05) is 36.4 Å². The molecule has 4 nitrogen and oxygen atoms in total. The van der Waals surface area contributed by atoms with Gasteiger partial charge in [-0.2, -0.15) is 0 Å². The van der Waals surface area contributed by atoms with E-state index < -0.39 is 0 Å². The molecule has 0 atom stereocenters. The normalized spacial score (nSPS) is 15.1. The highest BCUT2D eigenvalue weighted by Crippen LogP contribution is 2.18. The molecule has 1 aliphatic heterocycles. The molecule has 4 heteroatoms. The highest BCUT2D eigenvalue weighted by molar-refractivity contribution is 5.92. The number of carbonyl (C=O) groups is 1. The number of amides is 1. The summed E-state index contributed by atoms with van der Waals surface area (Å²) in [5.74, 6) is -0.0205. The largest absolute Gasteiger partial charge is 0.378 e. The molecular formula is C16H16N2O2. The molecule has 0 aliphatic carbocycles. The van der Waals surface area contributed by atoms with Crippen LogP contribution in [0.25, 0.3) is 11.1 Å². The maximum absolute atomic E-state index is 12.3. The first-order chi connectivity index (χ1) is 9.84. The predicted octanol–water partition coefficient (Wildman–Crippen LogP) is 2.22. The number of hydrogen-bond donors (Lipinski definition) is 0. The molecule has 0 unspecified atom stereocenters. The Bertz CT molecular complexity index is 575. The number of aromatic nitrogens is 1. The molecule has 3 rings (SSSR count). The smallest absolute Gasteiger partial charge is 0.272 e. The third-order valence-electron chi connectivity index (χ3n) is 3.39. The molecule has 20 heavy (non-hydrogen) atoms. The minimum absolute atomic E-state index is 0.0205. The summed E-state index contributed by atoms with van der Waals surface area (Å²) in [7, 11) is 0. The van der Waals surface area contributed by atoms with E-state index in [0.29, 0.717) is 32.0 Å². The second-order valence-electron chi connectivity index (χ2n) is 4.70. The van der Waals surface area contributed by atoms with Crippen LogP contribution in [0.15, 0.2) is 48.7 Å². The number of hydrogen-bond acceptors (Lipinski definition) is 3. The SMILES string of the molecule is O=C(c1ccc(-c2ccccc2)cn1)N1CCOCC1. The quantitative estimate of drug-likeness (QED) is 0.838. The number of ether oxygens (including phenoxy) is 1. The van der Waals surface area contributed by atoms with Gasteiger partial charge in [0.15, 0.2) is 0 Å². The molecular weight excluding hydrogens is 252 g/mol. The molecule has 2 heterocycles. The van der Waals surface area contributed by atoms with Crippen molar-refractivity contribution in [3.63, 3.8) is 0 Å². The molecule has 1 aromatic heterocycles. The molecule has 102 valence electrons. The van der Waals surface area contributed by atoms with E-state index in [0.717, 1.165) is 11.1 Å². The summed E-state index contributed by atoms with van der Waals surface area (Å²) < 4.78 is 5.25. The van der Waals surface area contributed by atoms with E-state index in [2.05, 4.69) is 4.98 Å². The maximum atomic E-state index is 12.3. The van der Waals surface area contributed by atoms with Crippen molar-refractivity contribution in [3.8, 4) is 11.1 Å². The third kappa shape index (κ3) is 2.70. The van der Waals surface area contributed by atoms with Crippen LogP contribution >= 0.6 is 0 Å². The van der Waals surface area contributed by atoms with Crippen LogP contribution in [-0.2, 0) is 4.74 Å². The molecule has 1 saturated heterocycles. The average Bonchev–Trinajstić information content (AvgIpc) is 2.56. The zero-order chi connectivity index (χ0) is 13.8. The lowest BCUT2D eigenvalue weighted by atomic mass is 10.1. The number of carbonyl (C=O) groups excluding carboxylic acids is 1. The van der Waals surface area contributed by atoms with Crippen molar-refractivity contribution >= 4 is 5.91 Å². The van der Waals surface area contributed by atoms with Gasteiger partial charge in [0.25, 0.3) is 5.91 Å². The number of nitrogens with zero attached hydrogens (tertiary/aromatic N) is 2. The molecule has 0 spiro atoms. The monoisotopic (exact) mass is 268 g/mol. The van der Waals surface area contributed by atoms with Crippen molar-refractivity contribution in [2.24, 2.45) is 0 Å². The Morgan fingerprint density at radius 1 is 1.00 bits per heavy atom. The predicted molar refractivity (Wildman–Crippen MR) is 76.4 cm³/mol. The fourth-order valence-electron chi connectivity index (χ4n) is 2.25. The number of benzene rings is 1. The van der Waals surface area contributed by atoms with Gasteiger partial charge in [0.2, 0.25) is 0 Å². The van der Waals surface area contributed by atoms with Crippen molar-refractivity contribution in [3.05, 3.63) is 54.4 Å². The van der Waals surface area contributed by atoms with E-state index >= 15 is 0 Å². The molecule has 0 radical (unpaired) electrons. The Morgan fingerprint density at radius 3 is 2.40 bits per heavy atom. The fraction of sp³-hybridized carbons (Fsp3) is 0.250. The van der Waals surface area contributed by atoms with E-state index in [1.165, 1.54) is 0 Å². The lowest BCUT2D eigenvalue weighted by Gasteiger charge is -2.26.